The Hall–Kier alpha value is -3.75. The van der Waals surface area contributed by atoms with Crippen LogP contribution in [0.25, 0.3) is 16.6 Å². The van der Waals surface area contributed by atoms with Gasteiger partial charge >= 0.3 is 0 Å². The van der Waals surface area contributed by atoms with E-state index in [2.05, 4.69) is 22.3 Å². The summed E-state index contributed by atoms with van der Waals surface area (Å²) in [5.74, 6) is 1.12. The van der Waals surface area contributed by atoms with Crippen LogP contribution >= 0.6 is 0 Å². The SMILES string of the molecule is COc1cc2nn([C@@H]3CCC(=O)C[C@H]3C)cc2cc1C(=O)Nc1cnc2cccnn12. The first kappa shape index (κ1) is 19.2. The summed E-state index contributed by atoms with van der Waals surface area (Å²) in [5, 5.41) is 12.6. The van der Waals surface area contributed by atoms with E-state index in [9.17, 15) is 9.59 Å². The molecule has 2 atom stereocenters. The van der Waals surface area contributed by atoms with E-state index >= 15 is 0 Å². The van der Waals surface area contributed by atoms with Crippen LogP contribution in [0, 0.1) is 5.92 Å². The number of Topliss-reactive ketones (excluding diaryl/α,β-unsaturated/α-hetero) is 1. The van der Waals surface area contributed by atoms with E-state index in [1.165, 1.54) is 7.11 Å². The van der Waals surface area contributed by atoms with Gasteiger partial charge in [-0.3, -0.25) is 14.3 Å². The minimum Gasteiger partial charge on any atom is -0.496 e. The molecule has 4 aromatic rings. The maximum absolute atomic E-state index is 13.1. The van der Waals surface area contributed by atoms with E-state index in [1.807, 2.05) is 16.9 Å². The van der Waals surface area contributed by atoms with Crippen molar-refractivity contribution in [1.82, 2.24) is 24.4 Å². The van der Waals surface area contributed by atoms with Crippen molar-refractivity contribution in [3.8, 4) is 5.75 Å². The fraction of sp³-hybridized carbons (Fsp3) is 0.318. The number of ether oxygens (including phenoxy) is 1. The zero-order chi connectivity index (χ0) is 21.5. The molecule has 1 aliphatic carbocycles. The van der Waals surface area contributed by atoms with Crippen LogP contribution in [-0.4, -0.2) is 43.2 Å². The van der Waals surface area contributed by atoms with Gasteiger partial charge in [0, 0.05) is 36.7 Å². The zero-order valence-electron chi connectivity index (χ0n) is 17.3. The molecule has 1 aromatic carbocycles. The Bertz CT molecular complexity index is 1310. The minimum atomic E-state index is -0.324. The third-order valence-electron chi connectivity index (χ3n) is 5.87. The molecule has 1 saturated carbocycles. The Morgan fingerprint density at radius 1 is 1.32 bits per heavy atom. The second kappa shape index (κ2) is 7.50. The summed E-state index contributed by atoms with van der Waals surface area (Å²) in [4.78, 5) is 29.0. The lowest BCUT2D eigenvalue weighted by Gasteiger charge is -2.28. The van der Waals surface area contributed by atoms with Crippen LogP contribution < -0.4 is 10.1 Å². The van der Waals surface area contributed by atoms with E-state index in [0.29, 0.717) is 41.4 Å². The number of nitrogens with one attached hydrogen (secondary N) is 1. The van der Waals surface area contributed by atoms with Crippen LogP contribution in [0.4, 0.5) is 5.82 Å². The number of methoxy groups -OCH3 is 1. The van der Waals surface area contributed by atoms with Gasteiger partial charge in [-0.2, -0.15) is 14.7 Å². The topological polar surface area (TPSA) is 103 Å². The molecule has 9 heteroatoms. The molecule has 0 bridgehead atoms. The van der Waals surface area contributed by atoms with E-state index < -0.39 is 0 Å². The maximum Gasteiger partial charge on any atom is 0.260 e. The lowest BCUT2D eigenvalue weighted by molar-refractivity contribution is -0.122. The smallest absolute Gasteiger partial charge is 0.260 e. The molecule has 0 radical (unpaired) electrons. The van der Waals surface area contributed by atoms with Crippen LogP contribution in [0.2, 0.25) is 0 Å². The monoisotopic (exact) mass is 418 g/mol. The number of amides is 1. The van der Waals surface area contributed by atoms with Crippen LogP contribution in [-0.2, 0) is 4.79 Å². The molecule has 1 amide bonds. The number of imidazole rings is 1. The molecule has 0 spiro atoms. The van der Waals surface area contributed by atoms with Gasteiger partial charge in [-0.15, -0.1) is 0 Å². The lowest BCUT2D eigenvalue weighted by Crippen LogP contribution is -2.26. The molecule has 1 aliphatic rings. The van der Waals surface area contributed by atoms with Crippen LogP contribution in [0.1, 0.15) is 42.6 Å². The van der Waals surface area contributed by atoms with Crippen molar-refractivity contribution in [2.75, 3.05) is 12.4 Å². The second-order valence-electron chi connectivity index (χ2n) is 7.94. The number of fused-ring (bicyclic) bond motifs is 2. The Morgan fingerprint density at radius 2 is 2.19 bits per heavy atom. The summed E-state index contributed by atoms with van der Waals surface area (Å²) < 4.78 is 8.97. The van der Waals surface area contributed by atoms with Gasteiger partial charge in [0.25, 0.3) is 5.91 Å². The first-order valence-corrected chi connectivity index (χ1v) is 10.2. The Morgan fingerprint density at radius 3 is 3.00 bits per heavy atom. The molecule has 0 unspecified atom stereocenters. The predicted molar refractivity (Wildman–Crippen MR) is 114 cm³/mol. The van der Waals surface area contributed by atoms with Crippen molar-refractivity contribution in [1.29, 1.82) is 0 Å². The van der Waals surface area contributed by atoms with Gasteiger partial charge in [0.15, 0.2) is 11.5 Å². The van der Waals surface area contributed by atoms with Crippen molar-refractivity contribution >= 4 is 34.1 Å². The number of carbonyl (C=O) groups is 2. The van der Waals surface area contributed by atoms with Crippen LogP contribution in [0.15, 0.2) is 42.9 Å². The van der Waals surface area contributed by atoms with E-state index in [-0.39, 0.29) is 17.9 Å². The highest BCUT2D eigenvalue weighted by atomic mass is 16.5. The number of nitrogens with zero attached hydrogens (tertiary/aromatic N) is 5. The van der Waals surface area contributed by atoms with Crippen molar-refractivity contribution in [2.24, 2.45) is 5.92 Å². The highest BCUT2D eigenvalue weighted by Gasteiger charge is 2.28. The number of aromatic nitrogens is 5. The van der Waals surface area contributed by atoms with Gasteiger partial charge in [0.1, 0.15) is 11.5 Å². The maximum atomic E-state index is 13.1. The molecular formula is C22H22N6O3. The van der Waals surface area contributed by atoms with Gasteiger partial charge in [0.05, 0.1) is 30.4 Å². The van der Waals surface area contributed by atoms with E-state index in [0.717, 1.165) is 17.3 Å². The van der Waals surface area contributed by atoms with Crippen molar-refractivity contribution in [3.05, 3.63) is 48.4 Å². The molecule has 5 rings (SSSR count). The van der Waals surface area contributed by atoms with Gasteiger partial charge in [-0.1, -0.05) is 6.92 Å². The number of anilines is 1. The average molecular weight is 418 g/mol. The predicted octanol–water partition coefficient (Wildman–Crippen LogP) is 3.27. The number of benzene rings is 1. The largest absolute Gasteiger partial charge is 0.496 e. The van der Waals surface area contributed by atoms with Gasteiger partial charge in [0.2, 0.25) is 0 Å². The molecule has 3 aromatic heterocycles. The van der Waals surface area contributed by atoms with Gasteiger partial charge < -0.3 is 10.1 Å². The zero-order valence-corrected chi connectivity index (χ0v) is 17.3. The fourth-order valence-electron chi connectivity index (χ4n) is 4.27. The number of ketones is 1. The molecular weight excluding hydrogens is 396 g/mol. The van der Waals surface area contributed by atoms with Gasteiger partial charge in [-0.05, 0) is 30.5 Å². The summed E-state index contributed by atoms with van der Waals surface area (Å²) in [5.41, 5.74) is 1.78. The third kappa shape index (κ3) is 3.41. The average Bonchev–Trinajstić information content (AvgIpc) is 3.36. The number of carbonyl (C=O) groups excluding carboxylic acids is 2. The third-order valence-corrected chi connectivity index (χ3v) is 5.87. The van der Waals surface area contributed by atoms with Crippen molar-refractivity contribution in [2.45, 2.75) is 32.2 Å². The van der Waals surface area contributed by atoms with E-state index in [1.54, 1.807) is 35.1 Å². The highest BCUT2D eigenvalue weighted by Crippen LogP contribution is 2.34. The Kier molecular flexibility index (Phi) is 4.65. The molecule has 158 valence electrons. The summed E-state index contributed by atoms with van der Waals surface area (Å²) in [6, 6.07) is 7.31. The lowest BCUT2D eigenvalue weighted by atomic mass is 9.85. The standard InChI is InChI=1S/C22H22N6O3/c1-13-8-15(29)5-6-18(13)27-12-14-9-16(19(31-2)10-17(14)26-27)22(30)25-21-11-23-20-4-3-7-24-28(20)21/h3-4,7,9-13,18H,5-6,8H2,1-2H3,(H,25,30)/t13-,18-/m1/s1. The molecule has 1 fully saturated rings. The first-order valence-electron chi connectivity index (χ1n) is 10.2. The molecule has 1 N–H and O–H groups in total. The molecule has 9 nitrogen and oxygen atoms in total. The normalized spacial score (nSPS) is 19.1. The van der Waals surface area contributed by atoms with Crippen LogP contribution in [0.5, 0.6) is 5.75 Å². The minimum absolute atomic E-state index is 0.164. The number of rotatable bonds is 4. The summed E-state index contributed by atoms with van der Waals surface area (Å²) in [6.07, 6.45) is 7.07. The van der Waals surface area contributed by atoms with Crippen molar-refractivity contribution in [3.63, 3.8) is 0 Å². The highest BCUT2D eigenvalue weighted by molar-refractivity contribution is 6.08. The molecule has 0 aliphatic heterocycles. The summed E-state index contributed by atoms with van der Waals surface area (Å²) >= 11 is 0. The van der Waals surface area contributed by atoms with Gasteiger partial charge in [-0.25, -0.2) is 4.98 Å². The Labute approximate surface area is 178 Å². The fourth-order valence-corrected chi connectivity index (χ4v) is 4.27. The van der Waals surface area contributed by atoms with Crippen LogP contribution in [0.3, 0.4) is 0 Å². The quantitative estimate of drug-likeness (QED) is 0.546. The second-order valence-corrected chi connectivity index (χ2v) is 7.94. The molecule has 3 heterocycles. The first-order chi connectivity index (χ1) is 15.0. The number of hydrogen-bond donors (Lipinski definition) is 1. The summed E-state index contributed by atoms with van der Waals surface area (Å²) in [7, 11) is 1.53. The van der Waals surface area contributed by atoms with E-state index in [4.69, 9.17) is 9.84 Å². The molecule has 0 saturated heterocycles. The Balaban J connectivity index is 1.48. The molecule has 31 heavy (non-hydrogen) atoms. The summed E-state index contributed by atoms with van der Waals surface area (Å²) in [6.45, 7) is 2.08. The number of hydrogen-bond acceptors (Lipinski definition) is 6. The van der Waals surface area contributed by atoms with Crippen molar-refractivity contribution < 1.29 is 14.3 Å².